The van der Waals surface area contributed by atoms with Gasteiger partial charge in [-0.05, 0) is 24.6 Å². The minimum atomic E-state index is -3.05. The van der Waals surface area contributed by atoms with E-state index in [0.29, 0.717) is 19.4 Å². The number of hydrogen-bond acceptors (Lipinski definition) is 4. The van der Waals surface area contributed by atoms with Crippen molar-refractivity contribution in [3.05, 3.63) is 23.8 Å². The first kappa shape index (κ1) is 14.0. The van der Waals surface area contributed by atoms with Gasteiger partial charge in [0.15, 0.2) is 11.5 Å². The summed E-state index contributed by atoms with van der Waals surface area (Å²) < 4.78 is 33.3. The van der Waals surface area contributed by atoms with Crippen LogP contribution < -0.4 is 4.74 Å². The minimum absolute atomic E-state index is 0.0796. The van der Waals surface area contributed by atoms with Gasteiger partial charge in [0.2, 0.25) is 10.8 Å². The van der Waals surface area contributed by atoms with Crippen LogP contribution in [0.3, 0.4) is 0 Å². The Labute approximate surface area is 112 Å². The van der Waals surface area contributed by atoms with Crippen LogP contribution in [-0.4, -0.2) is 29.2 Å². The molecule has 0 amide bonds. The molecule has 1 aliphatic rings. The first-order valence-electron chi connectivity index (χ1n) is 5.58. The molecule has 1 saturated heterocycles. The van der Waals surface area contributed by atoms with E-state index in [1.807, 2.05) is 0 Å². The molecule has 1 N–H and O–H groups in total. The summed E-state index contributed by atoms with van der Waals surface area (Å²) in [6.07, 6.45) is 1.03. The number of halogens is 3. The van der Waals surface area contributed by atoms with Gasteiger partial charge >= 0.3 is 6.61 Å². The summed E-state index contributed by atoms with van der Waals surface area (Å²) in [7, 11) is 0. The highest BCUT2D eigenvalue weighted by molar-refractivity contribution is 6.36. The number of ketones is 1. The Morgan fingerprint density at radius 2 is 2.26 bits per heavy atom. The van der Waals surface area contributed by atoms with Crippen LogP contribution in [0, 0.1) is 0 Å². The Morgan fingerprint density at radius 1 is 1.53 bits per heavy atom. The number of phenolic OH excluding ortho intramolecular Hbond substituents is 1. The van der Waals surface area contributed by atoms with E-state index < -0.39 is 29.0 Å². The number of carbonyl (C=O) groups is 1. The zero-order chi connectivity index (χ0) is 14.0. The minimum Gasteiger partial charge on any atom is -0.504 e. The third-order valence-corrected chi connectivity index (χ3v) is 3.22. The molecule has 2 rings (SSSR count). The molecule has 0 radical (unpaired) electrons. The molecule has 1 heterocycles. The molecule has 0 saturated carbocycles. The van der Waals surface area contributed by atoms with Crippen molar-refractivity contribution in [2.75, 3.05) is 6.61 Å². The number of hydrogen-bond donors (Lipinski definition) is 1. The molecule has 0 aliphatic carbocycles. The molecule has 0 aromatic heterocycles. The second-order valence-electron chi connectivity index (χ2n) is 4.07. The van der Waals surface area contributed by atoms with Crippen molar-refractivity contribution in [1.29, 1.82) is 0 Å². The van der Waals surface area contributed by atoms with Gasteiger partial charge in [0, 0.05) is 18.6 Å². The SMILES string of the molecule is O=C(c1ccc(OC(F)F)c(O)c1)C1(Cl)CCCO1. The first-order chi connectivity index (χ1) is 8.92. The van der Waals surface area contributed by atoms with Gasteiger partial charge in [-0.15, -0.1) is 0 Å². The number of alkyl halides is 3. The quantitative estimate of drug-likeness (QED) is 0.685. The van der Waals surface area contributed by atoms with Crippen molar-refractivity contribution in [1.82, 2.24) is 0 Å². The number of Topliss-reactive ketones (excluding diaryl/α,β-unsaturated/α-hetero) is 1. The summed E-state index contributed by atoms with van der Waals surface area (Å²) in [6, 6.07) is 3.38. The van der Waals surface area contributed by atoms with Crippen LogP contribution >= 0.6 is 11.6 Å². The maximum atomic E-state index is 12.1. The van der Waals surface area contributed by atoms with E-state index >= 15 is 0 Å². The van der Waals surface area contributed by atoms with Crippen molar-refractivity contribution >= 4 is 17.4 Å². The summed E-state index contributed by atoms with van der Waals surface area (Å²) in [5.41, 5.74) is 0.0796. The van der Waals surface area contributed by atoms with E-state index in [4.69, 9.17) is 16.3 Å². The van der Waals surface area contributed by atoms with E-state index in [1.54, 1.807) is 0 Å². The zero-order valence-electron chi connectivity index (χ0n) is 9.74. The second kappa shape index (κ2) is 5.30. The highest BCUT2D eigenvalue weighted by atomic mass is 35.5. The van der Waals surface area contributed by atoms with Crippen molar-refractivity contribution < 1.29 is 28.2 Å². The van der Waals surface area contributed by atoms with E-state index in [2.05, 4.69) is 4.74 Å². The number of benzene rings is 1. The van der Waals surface area contributed by atoms with E-state index in [-0.39, 0.29) is 5.56 Å². The highest BCUT2D eigenvalue weighted by Gasteiger charge is 2.41. The van der Waals surface area contributed by atoms with Gasteiger partial charge in [-0.3, -0.25) is 4.79 Å². The van der Waals surface area contributed by atoms with Crippen LogP contribution in [-0.2, 0) is 4.74 Å². The third-order valence-electron chi connectivity index (χ3n) is 2.75. The molecular formula is C12H11ClF2O4. The predicted octanol–water partition coefficient (Wildman–Crippen LogP) is 2.92. The standard InChI is InChI=1S/C12H11ClF2O4/c13-12(4-1-5-18-12)10(17)7-2-3-9(8(16)6-7)19-11(14)15/h2-3,6,11,16H,1,4-5H2. The molecule has 4 nitrogen and oxygen atoms in total. The zero-order valence-corrected chi connectivity index (χ0v) is 10.5. The summed E-state index contributed by atoms with van der Waals surface area (Å²) >= 11 is 6.03. The van der Waals surface area contributed by atoms with Crippen LogP contribution in [0.25, 0.3) is 0 Å². The second-order valence-corrected chi connectivity index (χ2v) is 4.68. The lowest BCUT2D eigenvalue weighted by molar-refractivity contribution is -0.0512. The van der Waals surface area contributed by atoms with Crippen molar-refractivity contribution in [2.24, 2.45) is 0 Å². The van der Waals surface area contributed by atoms with Crippen molar-refractivity contribution in [2.45, 2.75) is 24.5 Å². The van der Waals surface area contributed by atoms with Crippen molar-refractivity contribution in [3.8, 4) is 11.5 Å². The lowest BCUT2D eigenvalue weighted by Crippen LogP contribution is -2.31. The van der Waals surface area contributed by atoms with Crippen LogP contribution in [0.5, 0.6) is 11.5 Å². The maximum absolute atomic E-state index is 12.1. The topological polar surface area (TPSA) is 55.8 Å². The largest absolute Gasteiger partial charge is 0.504 e. The van der Waals surface area contributed by atoms with Crippen LogP contribution in [0.1, 0.15) is 23.2 Å². The average molecular weight is 293 g/mol. The Hall–Kier alpha value is -1.40. The molecule has 7 heteroatoms. The molecule has 1 fully saturated rings. The van der Waals surface area contributed by atoms with Gasteiger partial charge in [-0.1, -0.05) is 11.6 Å². The Balaban J connectivity index is 2.22. The van der Waals surface area contributed by atoms with Crippen LogP contribution in [0.2, 0.25) is 0 Å². The number of rotatable bonds is 4. The summed E-state index contributed by atoms with van der Waals surface area (Å²) in [4.78, 5) is 12.1. The van der Waals surface area contributed by atoms with Gasteiger partial charge in [0.25, 0.3) is 0 Å². The molecule has 1 aromatic rings. The lowest BCUT2D eigenvalue weighted by atomic mass is 10.0. The molecule has 1 aliphatic heterocycles. The molecule has 1 atom stereocenters. The van der Waals surface area contributed by atoms with Gasteiger partial charge in [-0.25, -0.2) is 0 Å². The molecule has 104 valence electrons. The normalized spacial score (nSPS) is 22.7. The average Bonchev–Trinajstić information content (AvgIpc) is 2.78. The van der Waals surface area contributed by atoms with Gasteiger partial charge in [0.05, 0.1) is 0 Å². The van der Waals surface area contributed by atoms with E-state index in [9.17, 15) is 18.7 Å². The summed E-state index contributed by atoms with van der Waals surface area (Å²) in [6.45, 7) is -2.67. The number of carbonyl (C=O) groups excluding carboxylic acids is 1. The number of phenols is 1. The number of aromatic hydroxyl groups is 1. The third kappa shape index (κ3) is 2.96. The monoisotopic (exact) mass is 292 g/mol. The van der Waals surface area contributed by atoms with Crippen LogP contribution in [0.15, 0.2) is 18.2 Å². The molecule has 1 aromatic carbocycles. The molecular weight excluding hydrogens is 282 g/mol. The smallest absolute Gasteiger partial charge is 0.387 e. The van der Waals surface area contributed by atoms with Crippen LogP contribution in [0.4, 0.5) is 8.78 Å². The summed E-state index contributed by atoms with van der Waals surface area (Å²) in [5.74, 6) is -1.46. The Kier molecular flexibility index (Phi) is 3.91. The fourth-order valence-electron chi connectivity index (χ4n) is 1.85. The van der Waals surface area contributed by atoms with Gasteiger partial charge in [0.1, 0.15) is 0 Å². The molecule has 0 spiro atoms. The Morgan fingerprint density at radius 3 is 2.79 bits per heavy atom. The Bertz CT molecular complexity index is 487. The number of ether oxygens (including phenoxy) is 2. The fraction of sp³-hybridized carbons (Fsp3) is 0.417. The fourth-order valence-corrected chi connectivity index (χ4v) is 2.17. The maximum Gasteiger partial charge on any atom is 0.387 e. The van der Waals surface area contributed by atoms with Gasteiger partial charge in [-0.2, -0.15) is 8.78 Å². The molecule has 1 unspecified atom stereocenters. The van der Waals surface area contributed by atoms with Crippen molar-refractivity contribution in [3.63, 3.8) is 0 Å². The van der Waals surface area contributed by atoms with Gasteiger partial charge < -0.3 is 14.6 Å². The van der Waals surface area contributed by atoms with E-state index in [0.717, 1.165) is 12.1 Å². The first-order valence-corrected chi connectivity index (χ1v) is 5.96. The predicted molar refractivity (Wildman–Crippen MR) is 62.8 cm³/mol. The molecule has 0 bridgehead atoms. The highest BCUT2D eigenvalue weighted by Crippen LogP contribution is 2.36. The molecule has 19 heavy (non-hydrogen) atoms. The van der Waals surface area contributed by atoms with E-state index in [1.165, 1.54) is 6.07 Å². The summed E-state index contributed by atoms with van der Waals surface area (Å²) in [5, 5.41) is 8.09. The lowest BCUT2D eigenvalue weighted by Gasteiger charge is -2.19.